The van der Waals surface area contributed by atoms with Gasteiger partial charge >= 0.3 is 10.3 Å². The minimum atomic E-state index is -4.26. The highest BCUT2D eigenvalue weighted by molar-refractivity contribution is 7.88. The van der Waals surface area contributed by atoms with Crippen LogP contribution in [-0.2, 0) is 42.9 Å². The summed E-state index contributed by atoms with van der Waals surface area (Å²) in [5.41, 5.74) is 3.27. The first kappa shape index (κ1) is 39.3. The number of nitrogens with zero attached hydrogens (tertiary/aromatic N) is 4. The van der Waals surface area contributed by atoms with Crippen LogP contribution in [0.2, 0.25) is 0 Å². The molecule has 16 heteroatoms. The number of halogens is 1. The first-order valence-corrected chi connectivity index (χ1v) is 21.2. The molecule has 56 heavy (non-hydrogen) atoms. The molecule has 0 atom stereocenters. The zero-order valence-corrected chi connectivity index (χ0v) is 32.3. The minimum absolute atomic E-state index is 0.0304. The third-order valence-electron chi connectivity index (χ3n) is 9.56. The van der Waals surface area contributed by atoms with Crippen LogP contribution in [0, 0.1) is 5.82 Å². The van der Waals surface area contributed by atoms with Gasteiger partial charge in [-0.2, -0.15) is 17.0 Å². The van der Waals surface area contributed by atoms with Gasteiger partial charge in [-0.25, -0.2) is 12.8 Å². The van der Waals surface area contributed by atoms with Crippen molar-refractivity contribution in [3.63, 3.8) is 0 Å². The predicted molar refractivity (Wildman–Crippen MR) is 206 cm³/mol. The van der Waals surface area contributed by atoms with Gasteiger partial charge in [-0.05, 0) is 41.0 Å². The van der Waals surface area contributed by atoms with Gasteiger partial charge in [0.1, 0.15) is 17.4 Å². The summed E-state index contributed by atoms with van der Waals surface area (Å²) in [4.78, 5) is 20.5. The number of morpholine rings is 2. The van der Waals surface area contributed by atoms with Crippen LogP contribution in [-0.4, -0.2) is 100 Å². The lowest BCUT2D eigenvalue weighted by Crippen LogP contribution is -2.42. The highest BCUT2D eigenvalue weighted by atomic mass is 32.2. The van der Waals surface area contributed by atoms with Gasteiger partial charge in [-0.1, -0.05) is 72.8 Å². The molecule has 3 aliphatic heterocycles. The SMILES string of the molecule is CS(=O)(=O)N1CCOCC1.O=C1c2c(c(OS(=O)(=O)N3CCOCC3)c3cccnc3c2OC(c2ccccc2)c2ccccc2)CN1Cc1ccc(F)cc1. The Kier molecular flexibility index (Phi) is 11.9. The van der Waals surface area contributed by atoms with Crippen LogP contribution in [0.25, 0.3) is 10.9 Å². The predicted octanol–water partition coefficient (Wildman–Crippen LogP) is 4.93. The second kappa shape index (κ2) is 17.0. The maximum absolute atomic E-state index is 14.3. The number of fused-ring (bicyclic) bond motifs is 2. The van der Waals surface area contributed by atoms with E-state index >= 15 is 0 Å². The molecule has 0 unspecified atom stereocenters. The molecule has 0 N–H and O–H groups in total. The number of benzene rings is 4. The van der Waals surface area contributed by atoms with E-state index in [1.807, 2.05) is 60.7 Å². The van der Waals surface area contributed by atoms with Crippen molar-refractivity contribution in [3.8, 4) is 11.5 Å². The largest absolute Gasteiger partial charge is 0.478 e. The van der Waals surface area contributed by atoms with E-state index in [2.05, 4.69) is 4.98 Å². The number of hydrogen-bond acceptors (Lipinski definition) is 10. The lowest BCUT2D eigenvalue weighted by Gasteiger charge is -2.26. The van der Waals surface area contributed by atoms with Crippen molar-refractivity contribution in [3.05, 3.63) is 137 Å². The van der Waals surface area contributed by atoms with Crippen molar-refractivity contribution in [1.29, 1.82) is 0 Å². The van der Waals surface area contributed by atoms with E-state index in [1.165, 1.54) is 27.0 Å². The molecular formula is C40H41FN4O9S2. The van der Waals surface area contributed by atoms with Gasteiger partial charge in [0.05, 0.1) is 44.8 Å². The third-order valence-corrected chi connectivity index (χ3v) is 12.2. The number of amides is 1. The highest BCUT2D eigenvalue weighted by Crippen LogP contribution is 2.47. The molecule has 8 rings (SSSR count). The van der Waals surface area contributed by atoms with Crippen LogP contribution < -0.4 is 8.92 Å². The van der Waals surface area contributed by atoms with E-state index in [-0.39, 0.29) is 68.2 Å². The first-order chi connectivity index (χ1) is 27.0. The number of hydrogen-bond donors (Lipinski definition) is 0. The van der Waals surface area contributed by atoms with Crippen LogP contribution >= 0.6 is 0 Å². The standard InChI is InChI=1S/C35H30FN3O6S.C5H11NO3S/c36-27-15-13-24(14-16-27)22-38-23-29-30(35(38)40)34(44-32(25-8-3-1-4-9-25)26-10-5-2-6-11-26)31-28(12-7-17-37-31)33(29)45-46(41,42)39-18-20-43-21-19-39;1-10(7,8)6-2-4-9-5-3-6/h1-17,32H,18-23H2;2-5H2,1H3. The Balaban J connectivity index is 0.000000420. The second-order valence-electron chi connectivity index (χ2n) is 13.3. The van der Waals surface area contributed by atoms with Crippen LogP contribution in [0.1, 0.15) is 38.7 Å². The van der Waals surface area contributed by atoms with Crippen LogP contribution in [0.15, 0.2) is 103 Å². The number of pyridine rings is 1. The molecule has 2 fully saturated rings. The number of carbonyl (C=O) groups is 1. The Bertz CT molecular complexity index is 2340. The summed E-state index contributed by atoms with van der Waals surface area (Å²) in [6, 6.07) is 28.6. The van der Waals surface area contributed by atoms with E-state index in [1.54, 1.807) is 35.4 Å². The molecule has 2 saturated heterocycles. The van der Waals surface area contributed by atoms with Crippen molar-refractivity contribution in [2.45, 2.75) is 19.2 Å². The maximum Gasteiger partial charge on any atom is 0.385 e. The van der Waals surface area contributed by atoms with E-state index in [0.717, 1.165) is 11.1 Å². The van der Waals surface area contributed by atoms with Gasteiger partial charge in [0, 0.05) is 49.9 Å². The number of carbonyl (C=O) groups excluding carboxylic acids is 1. The number of rotatable bonds is 10. The Morgan fingerprint density at radius 1 is 0.750 bits per heavy atom. The zero-order valence-electron chi connectivity index (χ0n) is 30.6. The van der Waals surface area contributed by atoms with Gasteiger partial charge in [-0.3, -0.25) is 9.78 Å². The van der Waals surface area contributed by atoms with Gasteiger partial charge < -0.3 is 23.3 Å². The minimum Gasteiger partial charge on any atom is -0.478 e. The maximum atomic E-state index is 14.3. The summed E-state index contributed by atoms with van der Waals surface area (Å²) in [7, 11) is -7.23. The quantitative estimate of drug-likeness (QED) is 0.191. The molecule has 0 bridgehead atoms. The van der Waals surface area contributed by atoms with Gasteiger partial charge in [0.2, 0.25) is 10.0 Å². The fourth-order valence-corrected chi connectivity index (χ4v) is 8.67. The fraction of sp³-hybridized carbons (Fsp3) is 0.300. The van der Waals surface area contributed by atoms with E-state index in [0.29, 0.717) is 48.3 Å². The second-order valence-corrected chi connectivity index (χ2v) is 16.9. The molecule has 4 aromatic carbocycles. The lowest BCUT2D eigenvalue weighted by molar-refractivity contribution is 0.0698. The summed E-state index contributed by atoms with van der Waals surface area (Å²) in [5.74, 6) is -0.506. The number of aromatic nitrogens is 1. The molecular weight excluding hydrogens is 764 g/mol. The van der Waals surface area contributed by atoms with Gasteiger partial charge in [0.15, 0.2) is 11.5 Å². The van der Waals surface area contributed by atoms with Crippen molar-refractivity contribution in [1.82, 2.24) is 18.5 Å². The average molecular weight is 805 g/mol. The summed E-state index contributed by atoms with van der Waals surface area (Å²) in [6.07, 6.45) is 2.18. The molecule has 0 radical (unpaired) electrons. The zero-order chi connectivity index (χ0) is 39.3. The van der Waals surface area contributed by atoms with Gasteiger partial charge in [-0.15, -0.1) is 0 Å². The Morgan fingerprint density at radius 3 is 1.88 bits per heavy atom. The van der Waals surface area contributed by atoms with Crippen LogP contribution in [0.4, 0.5) is 4.39 Å². The Hall–Kier alpha value is -4.97. The van der Waals surface area contributed by atoms with Crippen LogP contribution in [0.5, 0.6) is 11.5 Å². The van der Waals surface area contributed by atoms with Crippen molar-refractivity contribution in [2.24, 2.45) is 0 Å². The van der Waals surface area contributed by atoms with Crippen molar-refractivity contribution in [2.75, 3.05) is 58.9 Å². The first-order valence-electron chi connectivity index (χ1n) is 18.0. The summed E-state index contributed by atoms with van der Waals surface area (Å²) in [5, 5.41) is 0.393. The molecule has 1 amide bonds. The molecule has 4 heterocycles. The average Bonchev–Trinajstić information content (AvgIpc) is 3.54. The lowest BCUT2D eigenvalue weighted by atomic mass is 9.99. The number of ether oxygens (including phenoxy) is 3. The van der Waals surface area contributed by atoms with Crippen molar-refractivity contribution >= 4 is 37.1 Å². The highest BCUT2D eigenvalue weighted by Gasteiger charge is 2.39. The molecule has 294 valence electrons. The molecule has 0 aliphatic carbocycles. The van der Waals surface area contributed by atoms with Gasteiger partial charge in [0.25, 0.3) is 5.91 Å². The molecule has 5 aromatic rings. The van der Waals surface area contributed by atoms with Crippen LogP contribution in [0.3, 0.4) is 0 Å². The Labute approximate surface area is 325 Å². The molecule has 13 nitrogen and oxygen atoms in total. The third kappa shape index (κ3) is 8.85. The molecule has 0 saturated carbocycles. The Morgan fingerprint density at radius 2 is 1.32 bits per heavy atom. The fourth-order valence-electron chi connectivity index (χ4n) is 6.76. The summed E-state index contributed by atoms with van der Waals surface area (Å²) >= 11 is 0. The molecule has 3 aliphatic rings. The van der Waals surface area contributed by atoms with E-state index in [4.69, 9.17) is 18.4 Å². The number of sulfonamides is 1. The molecule has 1 aromatic heterocycles. The summed E-state index contributed by atoms with van der Waals surface area (Å²) in [6.45, 7) is 3.04. The normalized spacial score (nSPS) is 16.7. The van der Waals surface area contributed by atoms with E-state index < -0.39 is 26.4 Å². The summed E-state index contributed by atoms with van der Waals surface area (Å²) < 4.78 is 88.3. The smallest absolute Gasteiger partial charge is 0.385 e. The monoisotopic (exact) mass is 804 g/mol. The topological polar surface area (TPSA) is 145 Å². The van der Waals surface area contributed by atoms with E-state index in [9.17, 15) is 26.0 Å². The molecule has 0 spiro atoms. The van der Waals surface area contributed by atoms with Crippen molar-refractivity contribution < 1.29 is 44.4 Å².